The molecule has 1 aromatic rings. The number of likely N-dealkylation sites (N-methyl/N-ethyl adjacent to an activating group) is 1. The zero-order valence-electron chi connectivity index (χ0n) is 8.66. The largest absolute Gasteiger partial charge is 0.479 e. The molecule has 0 N–H and O–H groups in total. The second-order valence-electron chi connectivity index (χ2n) is 3.59. The Morgan fingerprint density at radius 3 is 2.93 bits per heavy atom. The van der Waals surface area contributed by atoms with E-state index in [-0.39, 0.29) is 5.91 Å². The zero-order chi connectivity index (χ0) is 11.0. The van der Waals surface area contributed by atoms with E-state index < -0.39 is 6.10 Å². The van der Waals surface area contributed by atoms with E-state index in [2.05, 4.69) is 15.9 Å². The predicted octanol–water partition coefficient (Wildman–Crippen LogP) is 2.33. The van der Waals surface area contributed by atoms with Crippen molar-refractivity contribution in [2.24, 2.45) is 0 Å². The van der Waals surface area contributed by atoms with E-state index in [1.807, 2.05) is 18.2 Å². The minimum Gasteiger partial charge on any atom is -0.479 e. The highest BCUT2D eigenvalue weighted by Crippen LogP contribution is 2.34. The van der Waals surface area contributed by atoms with Gasteiger partial charge >= 0.3 is 0 Å². The summed E-state index contributed by atoms with van der Waals surface area (Å²) >= 11 is 3.39. The molecule has 1 aliphatic rings. The summed E-state index contributed by atoms with van der Waals surface area (Å²) in [5.74, 6) is 0.767. The summed E-state index contributed by atoms with van der Waals surface area (Å²) in [5.41, 5.74) is 1.97. The maximum absolute atomic E-state index is 11.7. The van der Waals surface area contributed by atoms with Crippen LogP contribution in [0.5, 0.6) is 5.75 Å². The van der Waals surface area contributed by atoms with Crippen LogP contribution in [0.25, 0.3) is 0 Å². The van der Waals surface area contributed by atoms with Crippen molar-refractivity contribution in [1.29, 1.82) is 0 Å². The smallest absolute Gasteiger partial charge is 0.267 e. The van der Waals surface area contributed by atoms with Gasteiger partial charge in [-0.05, 0) is 24.6 Å². The van der Waals surface area contributed by atoms with Crippen molar-refractivity contribution in [2.45, 2.75) is 18.4 Å². The fourth-order valence-electron chi connectivity index (χ4n) is 1.64. The van der Waals surface area contributed by atoms with Crippen LogP contribution in [0.3, 0.4) is 0 Å². The first-order valence-electron chi connectivity index (χ1n) is 4.76. The van der Waals surface area contributed by atoms with Crippen molar-refractivity contribution in [2.75, 3.05) is 11.9 Å². The van der Waals surface area contributed by atoms with Gasteiger partial charge in [0.05, 0.1) is 5.69 Å². The lowest BCUT2D eigenvalue weighted by atomic mass is 10.1. The summed E-state index contributed by atoms with van der Waals surface area (Å²) in [5, 5.41) is 0.776. The van der Waals surface area contributed by atoms with Crippen LogP contribution < -0.4 is 9.64 Å². The maximum atomic E-state index is 11.7. The van der Waals surface area contributed by atoms with Gasteiger partial charge < -0.3 is 9.64 Å². The first-order chi connectivity index (χ1) is 7.13. The van der Waals surface area contributed by atoms with Crippen LogP contribution in [-0.4, -0.2) is 19.1 Å². The number of hydrogen-bond acceptors (Lipinski definition) is 2. The van der Waals surface area contributed by atoms with Gasteiger partial charge in [-0.25, -0.2) is 0 Å². The number of ether oxygens (including phenoxy) is 1. The van der Waals surface area contributed by atoms with Crippen LogP contribution in [0.4, 0.5) is 5.69 Å². The lowest BCUT2D eigenvalue weighted by Gasteiger charge is -2.30. The lowest BCUT2D eigenvalue weighted by molar-refractivity contribution is -0.125. The number of nitrogens with zero attached hydrogens (tertiary/aromatic N) is 1. The number of fused-ring (bicyclic) bond motifs is 1. The van der Waals surface area contributed by atoms with Gasteiger partial charge in [0, 0.05) is 12.4 Å². The summed E-state index contributed by atoms with van der Waals surface area (Å²) in [6.45, 7) is 1.76. The third-order valence-electron chi connectivity index (χ3n) is 2.52. The minimum absolute atomic E-state index is 0.00535. The Morgan fingerprint density at radius 2 is 2.27 bits per heavy atom. The molecule has 0 radical (unpaired) electrons. The van der Waals surface area contributed by atoms with E-state index >= 15 is 0 Å². The number of rotatable bonds is 1. The van der Waals surface area contributed by atoms with Crippen LogP contribution in [-0.2, 0) is 10.1 Å². The topological polar surface area (TPSA) is 29.5 Å². The fourth-order valence-corrected chi connectivity index (χ4v) is 1.99. The molecule has 80 valence electrons. The fraction of sp³-hybridized carbons (Fsp3) is 0.364. The molecule has 0 bridgehead atoms. The van der Waals surface area contributed by atoms with E-state index in [0.717, 1.165) is 22.3 Å². The minimum atomic E-state index is -0.391. The van der Waals surface area contributed by atoms with Gasteiger partial charge in [-0.1, -0.05) is 22.0 Å². The number of carbonyl (C=O) groups is 1. The first kappa shape index (κ1) is 10.5. The molecule has 3 nitrogen and oxygen atoms in total. The number of anilines is 1. The third-order valence-corrected chi connectivity index (χ3v) is 3.17. The van der Waals surface area contributed by atoms with Gasteiger partial charge in [-0.2, -0.15) is 0 Å². The molecule has 1 aliphatic heterocycles. The van der Waals surface area contributed by atoms with Gasteiger partial charge in [0.2, 0.25) is 0 Å². The first-order valence-corrected chi connectivity index (χ1v) is 5.88. The molecule has 0 aliphatic carbocycles. The molecule has 0 fully saturated rings. The normalized spacial score (nSPS) is 19.8. The second-order valence-corrected chi connectivity index (χ2v) is 4.15. The molecular formula is C11H12BrNO2. The molecule has 15 heavy (non-hydrogen) atoms. The Hall–Kier alpha value is -1.03. The van der Waals surface area contributed by atoms with Crippen LogP contribution in [0.1, 0.15) is 12.5 Å². The van der Waals surface area contributed by atoms with E-state index in [4.69, 9.17) is 4.74 Å². The van der Waals surface area contributed by atoms with Crippen molar-refractivity contribution in [3.63, 3.8) is 0 Å². The molecule has 0 saturated heterocycles. The van der Waals surface area contributed by atoms with Crippen molar-refractivity contribution in [1.82, 2.24) is 0 Å². The van der Waals surface area contributed by atoms with Gasteiger partial charge in [-0.3, -0.25) is 4.79 Å². The van der Waals surface area contributed by atoms with Crippen LogP contribution in [0.15, 0.2) is 18.2 Å². The SMILES string of the molecule is CC1Oc2ccc(CBr)cc2N(C)C1=O. The molecular weight excluding hydrogens is 258 g/mol. The molecule has 1 amide bonds. The molecule has 4 heteroatoms. The maximum Gasteiger partial charge on any atom is 0.267 e. The number of halogens is 1. The highest BCUT2D eigenvalue weighted by Gasteiger charge is 2.28. The number of carbonyl (C=O) groups excluding carboxylic acids is 1. The summed E-state index contributed by atoms with van der Waals surface area (Å²) in [4.78, 5) is 13.3. The van der Waals surface area contributed by atoms with Crippen molar-refractivity contribution in [3.8, 4) is 5.75 Å². The summed E-state index contributed by atoms with van der Waals surface area (Å²) < 4.78 is 5.51. The van der Waals surface area contributed by atoms with Crippen LogP contribution in [0, 0.1) is 0 Å². The second kappa shape index (κ2) is 3.85. The Labute approximate surface area is 97.2 Å². The highest BCUT2D eigenvalue weighted by atomic mass is 79.9. The van der Waals surface area contributed by atoms with Gasteiger partial charge in [0.15, 0.2) is 6.10 Å². The summed E-state index contributed by atoms with van der Waals surface area (Å²) in [7, 11) is 1.78. The predicted molar refractivity (Wildman–Crippen MR) is 62.6 cm³/mol. The van der Waals surface area contributed by atoms with E-state index in [0.29, 0.717) is 0 Å². The Kier molecular flexibility index (Phi) is 2.69. The zero-order valence-corrected chi connectivity index (χ0v) is 10.2. The van der Waals surface area contributed by atoms with E-state index in [1.54, 1.807) is 18.9 Å². The number of hydrogen-bond donors (Lipinski definition) is 0. The van der Waals surface area contributed by atoms with Crippen molar-refractivity contribution >= 4 is 27.5 Å². The Morgan fingerprint density at radius 1 is 1.53 bits per heavy atom. The van der Waals surface area contributed by atoms with Gasteiger partial charge in [0.1, 0.15) is 5.75 Å². The average Bonchev–Trinajstić information content (AvgIpc) is 2.26. The van der Waals surface area contributed by atoms with Gasteiger partial charge in [-0.15, -0.1) is 0 Å². The quantitative estimate of drug-likeness (QED) is 0.733. The van der Waals surface area contributed by atoms with Crippen LogP contribution >= 0.6 is 15.9 Å². The average molecular weight is 270 g/mol. The molecule has 0 saturated carbocycles. The molecule has 1 heterocycles. The molecule has 1 unspecified atom stereocenters. The van der Waals surface area contributed by atoms with E-state index in [1.165, 1.54) is 0 Å². The number of benzene rings is 1. The number of alkyl halides is 1. The molecule has 1 aromatic carbocycles. The lowest BCUT2D eigenvalue weighted by Crippen LogP contribution is -2.41. The number of amides is 1. The van der Waals surface area contributed by atoms with Gasteiger partial charge in [0.25, 0.3) is 5.91 Å². The standard InChI is InChI=1S/C11H12BrNO2/c1-7-11(14)13(2)9-5-8(6-12)3-4-10(9)15-7/h3-5,7H,6H2,1-2H3. The van der Waals surface area contributed by atoms with Crippen molar-refractivity contribution < 1.29 is 9.53 Å². The molecule has 2 rings (SSSR count). The Balaban J connectivity index is 2.47. The molecule has 0 aromatic heterocycles. The van der Waals surface area contributed by atoms with Crippen LogP contribution in [0.2, 0.25) is 0 Å². The monoisotopic (exact) mass is 269 g/mol. The van der Waals surface area contributed by atoms with E-state index in [9.17, 15) is 4.79 Å². The summed E-state index contributed by atoms with van der Waals surface area (Å²) in [6.07, 6.45) is -0.391. The van der Waals surface area contributed by atoms with Crippen molar-refractivity contribution in [3.05, 3.63) is 23.8 Å². The highest BCUT2D eigenvalue weighted by molar-refractivity contribution is 9.08. The molecule has 1 atom stereocenters. The third kappa shape index (κ3) is 1.74. The summed E-state index contributed by atoms with van der Waals surface area (Å²) in [6, 6.07) is 5.86. The molecule has 0 spiro atoms. The Bertz CT molecular complexity index is 406.